The fourth-order valence-electron chi connectivity index (χ4n) is 2.84. The van der Waals surface area contributed by atoms with Crippen molar-refractivity contribution in [3.8, 4) is 0 Å². The summed E-state index contributed by atoms with van der Waals surface area (Å²) in [6.07, 6.45) is 0. The number of benzene rings is 1. The number of nitrogens with zero attached hydrogens (tertiary/aromatic N) is 3. The lowest BCUT2D eigenvalue weighted by molar-refractivity contribution is 0.198. The first-order chi connectivity index (χ1) is 11.4. The van der Waals surface area contributed by atoms with E-state index in [9.17, 15) is 13.2 Å². The second-order valence-corrected chi connectivity index (χ2v) is 7.99. The van der Waals surface area contributed by atoms with Crippen LogP contribution in [-0.2, 0) is 30.0 Å². The zero-order valence-electron chi connectivity index (χ0n) is 13.7. The number of hydrogen-bond donors (Lipinski definition) is 1. The third kappa shape index (κ3) is 3.28. The molecule has 1 aliphatic rings. The van der Waals surface area contributed by atoms with E-state index in [0.717, 1.165) is 11.4 Å². The highest BCUT2D eigenvalue weighted by Gasteiger charge is 2.27. The summed E-state index contributed by atoms with van der Waals surface area (Å²) in [6, 6.07) is 8.47. The lowest BCUT2D eigenvalue weighted by atomic mass is 10.2. The third-order valence-corrected chi connectivity index (χ3v) is 5.89. The summed E-state index contributed by atoms with van der Waals surface area (Å²) in [4.78, 5) is 14.3. The molecule has 0 saturated carbocycles. The van der Waals surface area contributed by atoms with Gasteiger partial charge < -0.3 is 10.2 Å². The van der Waals surface area contributed by atoms with Crippen molar-refractivity contribution in [3.05, 3.63) is 47.3 Å². The summed E-state index contributed by atoms with van der Waals surface area (Å²) in [5.41, 5.74) is 2.43. The Morgan fingerprint density at radius 1 is 1.33 bits per heavy atom. The number of nitrogens with one attached hydrogen (secondary N) is 1. The molecule has 0 spiro atoms. The number of carbonyl (C=O) groups excluding carboxylic acids is 1. The van der Waals surface area contributed by atoms with Crippen molar-refractivity contribution >= 4 is 15.9 Å². The molecule has 0 bridgehead atoms. The molecule has 0 unspecified atom stereocenters. The Morgan fingerprint density at radius 3 is 2.79 bits per heavy atom. The first kappa shape index (κ1) is 16.5. The van der Waals surface area contributed by atoms with Gasteiger partial charge in [-0.3, -0.25) is 4.68 Å². The predicted molar refractivity (Wildman–Crippen MR) is 89.1 cm³/mol. The van der Waals surface area contributed by atoms with Gasteiger partial charge in [-0.1, -0.05) is 18.2 Å². The number of aryl methyl sites for hydroxylation is 2. The normalized spacial score (nSPS) is 16.3. The van der Waals surface area contributed by atoms with Crippen LogP contribution >= 0.6 is 0 Å². The van der Waals surface area contributed by atoms with Crippen molar-refractivity contribution in [1.82, 2.24) is 20.0 Å². The highest BCUT2D eigenvalue weighted by molar-refractivity contribution is 7.91. The van der Waals surface area contributed by atoms with Crippen molar-refractivity contribution in [1.29, 1.82) is 0 Å². The van der Waals surface area contributed by atoms with E-state index in [2.05, 4.69) is 10.4 Å². The number of hydrogen-bond acceptors (Lipinski definition) is 4. The second kappa shape index (κ2) is 6.27. The molecule has 2 amide bonds. The molecule has 3 rings (SSSR count). The highest BCUT2D eigenvalue weighted by Crippen LogP contribution is 2.22. The SMILES string of the molecule is Cc1cc(CNC(=O)N2CCS(=O)(=O)c3ccccc3C2)n(C)n1. The fourth-order valence-corrected chi connectivity index (χ4v) is 4.34. The lowest BCUT2D eigenvalue weighted by Gasteiger charge is -2.20. The van der Waals surface area contributed by atoms with Crippen LogP contribution in [0.5, 0.6) is 0 Å². The maximum atomic E-state index is 12.5. The summed E-state index contributed by atoms with van der Waals surface area (Å²) in [7, 11) is -1.53. The van der Waals surface area contributed by atoms with E-state index >= 15 is 0 Å². The minimum Gasteiger partial charge on any atom is -0.332 e. The smallest absolute Gasteiger partial charge is 0.318 e. The molecule has 0 radical (unpaired) electrons. The molecule has 1 aromatic heterocycles. The predicted octanol–water partition coefficient (Wildman–Crippen LogP) is 1.23. The molecule has 2 aromatic rings. The van der Waals surface area contributed by atoms with Gasteiger partial charge in [0.25, 0.3) is 0 Å². The Morgan fingerprint density at radius 2 is 2.08 bits per heavy atom. The third-order valence-electron chi connectivity index (χ3n) is 4.11. The van der Waals surface area contributed by atoms with E-state index in [0.29, 0.717) is 17.0 Å². The molecule has 8 heteroatoms. The first-order valence-corrected chi connectivity index (χ1v) is 9.35. The van der Waals surface area contributed by atoms with Crippen LogP contribution in [0.2, 0.25) is 0 Å². The Bertz CT molecular complexity index is 873. The van der Waals surface area contributed by atoms with Crippen LogP contribution in [0.25, 0.3) is 0 Å². The number of carbonyl (C=O) groups is 1. The molecular formula is C16H20N4O3S. The zero-order valence-corrected chi connectivity index (χ0v) is 14.5. The van der Waals surface area contributed by atoms with Gasteiger partial charge in [-0.15, -0.1) is 0 Å². The molecule has 1 aromatic carbocycles. The molecule has 128 valence electrons. The summed E-state index contributed by atoms with van der Waals surface area (Å²) >= 11 is 0. The fraction of sp³-hybridized carbons (Fsp3) is 0.375. The Labute approximate surface area is 141 Å². The molecule has 0 fully saturated rings. The first-order valence-electron chi connectivity index (χ1n) is 7.70. The van der Waals surface area contributed by atoms with Crippen LogP contribution < -0.4 is 5.32 Å². The van der Waals surface area contributed by atoms with Gasteiger partial charge in [-0.05, 0) is 24.6 Å². The van der Waals surface area contributed by atoms with Crippen molar-refractivity contribution in [2.45, 2.75) is 24.9 Å². The number of amides is 2. The summed E-state index contributed by atoms with van der Waals surface area (Å²) in [6.45, 7) is 2.70. The van der Waals surface area contributed by atoms with Crippen molar-refractivity contribution < 1.29 is 13.2 Å². The van der Waals surface area contributed by atoms with Crippen LogP contribution in [0.1, 0.15) is 17.0 Å². The Hall–Kier alpha value is -2.35. The quantitative estimate of drug-likeness (QED) is 0.885. The molecule has 1 aliphatic heterocycles. The van der Waals surface area contributed by atoms with Gasteiger partial charge in [0.05, 0.1) is 28.6 Å². The average molecular weight is 348 g/mol. The largest absolute Gasteiger partial charge is 0.332 e. The van der Waals surface area contributed by atoms with E-state index in [1.54, 1.807) is 28.9 Å². The summed E-state index contributed by atoms with van der Waals surface area (Å²) in [5, 5.41) is 7.08. The van der Waals surface area contributed by atoms with Gasteiger partial charge in [-0.2, -0.15) is 5.10 Å². The van der Waals surface area contributed by atoms with Gasteiger partial charge in [0.1, 0.15) is 0 Å². The lowest BCUT2D eigenvalue weighted by Crippen LogP contribution is -2.40. The van der Waals surface area contributed by atoms with E-state index in [1.165, 1.54) is 4.90 Å². The van der Waals surface area contributed by atoms with Gasteiger partial charge in [0.15, 0.2) is 9.84 Å². The number of aromatic nitrogens is 2. The van der Waals surface area contributed by atoms with Crippen LogP contribution in [0.15, 0.2) is 35.2 Å². The monoisotopic (exact) mass is 348 g/mol. The van der Waals surface area contributed by atoms with Gasteiger partial charge in [0.2, 0.25) is 0 Å². The average Bonchev–Trinajstić information content (AvgIpc) is 2.79. The topological polar surface area (TPSA) is 84.3 Å². The number of fused-ring (bicyclic) bond motifs is 1. The van der Waals surface area contributed by atoms with E-state index in [1.807, 2.05) is 20.0 Å². The van der Waals surface area contributed by atoms with Crippen molar-refractivity contribution in [2.24, 2.45) is 7.05 Å². The summed E-state index contributed by atoms with van der Waals surface area (Å²) < 4.78 is 26.4. The van der Waals surface area contributed by atoms with E-state index in [-0.39, 0.29) is 24.9 Å². The Balaban J connectivity index is 1.74. The van der Waals surface area contributed by atoms with E-state index < -0.39 is 9.84 Å². The standard InChI is InChI=1S/C16H20N4O3S/c1-12-9-14(19(2)18-12)10-17-16(21)20-7-8-24(22,23)15-6-4-3-5-13(15)11-20/h3-6,9H,7-8,10-11H2,1-2H3,(H,17,21). The van der Waals surface area contributed by atoms with Crippen LogP contribution in [-0.4, -0.2) is 41.4 Å². The maximum absolute atomic E-state index is 12.5. The molecular weight excluding hydrogens is 328 g/mol. The summed E-state index contributed by atoms with van der Waals surface area (Å²) in [5.74, 6) is -0.0672. The molecule has 0 saturated heterocycles. The van der Waals surface area contributed by atoms with Crippen molar-refractivity contribution in [2.75, 3.05) is 12.3 Å². The number of rotatable bonds is 2. The molecule has 2 heterocycles. The second-order valence-electron chi connectivity index (χ2n) is 5.91. The molecule has 24 heavy (non-hydrogen) atoms. The molecule has 7 nitrogen and oxygen atoms in total. The van der Waals surface area contributed by atoms with Crippen LogP contribution in [0.4, 0.5) is 4.79 Å². The van der Waals surface area contributed by atoms with Gasteiger partial charge in [0, 0.05) is 20.1 Å². The molecule has 0 atom stereocenters. The number of sulfone groups is 1. The van der Waals surface area contributed by atoms with Gasteiger partial charge >= 0.3 is 6.03 Å². The van der Waals surface area contributed by atoms with Crippen molar-refractivity contribution in [3.63, 3.8) is 0 Å². The highest BCUT2D eigenvalue weighted by atomic mass is 32.2. The minimum absolute atomic E-state index is 0.0672. The Kier molecular flexibility index (Phi) is 4.31. The van der Waals surface area contributed by atoms with E-state index in [4.69, 9.17) is 0 Å². The minimum atomic E-state index is -3.35. The van der Waals surface area contributed by atoms with Crippen LogP contribution in [0, 0.1) is 6.92 Å². The van der Waals surface area contributed by atoms with Crippen LogP contribution in [0.3, 0.4) is 0 Å². The number of urea groups is 1. The maximum Gasteiger partial charge on any atom is 0.318 e. The molecule has 0 aliphatic carbocycles. The van der Waals surface area contributed by atoms with Gasteiger partial charge in [-0.25, -0.2) is 13.2 Å². The zero-order chi connectivity index (χ0) is 17.3. The molecule has 1 N–H and O–H groups in total.